The van der Waals surface area contributed by atoms with Gasteiger partial charge in [-0.1, -0.05) is 6.07 Å². The molecule has 152 valence electrons. The first kappa shape index (κ1) is 18.0. The molecule has 29 heavy (non-hydrogen) atoms. The molecule has 4 bridgehead atoms. The van der Waals surface area contributed by atoms with Crippen molar-refractivity contribution in [3.05, 3.63) is 39.3 Å². The normalized spacial score (nSPS) is 16.6. The molecular weight excluding hydrogens is 372 g/mol. The van der Waals surface area contributed by atoms with E-state index in [1.165, 1.54) is 11.1 Å². The Kier molecular flexibility index (Phi) is 4.59. The van der Waals surface area contributed by atoms with Gasteiger partial charge in [-0.05, 0) is 48.6 Å². The number of hydrogen-bond acceptors (Lipinski definition) is 7. The quantitative estimate of drug-likeness (QED) is 0.571. The number of aromatic nitrogens is 4. The van der Waals surface area contributed by atoms with E-state index < -0.39 is 0 Å². The highest BCUT2D eigenvalue weighted by molar-refractivity contribution is 5.83. The van der Waals surface area contributed by atoms with Crippen molar-refractivity contribution in [1.82, 2.24) is 24.8 Å². The standard InChI is InChI=1S/C20H24N6O3/c1-21-17-16-18-25-19(24-17)29-7-3-2-6-28-15-9-12(11-26(18)20(27)23-16)8-13-10-22-5-4-14(13)15/h8-9,22H,2-7,10-11H2,1H3,(H,23,27)(H,21,24,25). The van der Waals surface area contributed by atoms with Crippen LogP contribution in [0.5, 0.6) is 11.8 Å². The molecule has 0 fully saturated rings. The first-order valence-corrected chi connectivity index (χ1v) is 10.0. The molecule has 3 aromatic rings. The van der Waals surface area contributed by atoms with Gasteiger partial charge < -0.3 is 25.1 Å². The summed E-state index contributed by atoms with van der Waals surface area (Å²) in [6, 6.07) is 4.49. The fourth-order valence-electron chi connectivity index (χ4n) is 4.00. The Bertz CT molecular complexity index is 1120. The summed E-state index contributed by atoms with van der Waals surface area (Å²) in [4.78, 5) is 24.5. The Morgan fingerprint density at radius 1 is 1.17 bits per heavy atom. The molecule has 0 radical (unpaired) electrons. The van der Waals surface area contributed by atoms with Crippen molar-refractivity contribution in [3.63, 3.8) is 0 Å². The Hall–Kier alpha value is -3.07. The van der Waals surface area contributed by atoms with Crippen LogP contribution in [0.2, 0.25) is 0 Å². The summed E-state index contributed by atoms with van der Waals surface area (Å²) in [6.07, 6.45) is 2.66. The lowest BCUT2D eigenvalue weighted by atomic mass is 9.97. The van der Waals surface area contributed by atoms with Crippen LogP contribution in [0, 0.1) is 0 Å². The average molecular weight is 396 g/mol. The molecule has 1 aromatic carbocycles. The third-order valence-electron chi connectivity index (χ3n) is 5.44. The monoisotopic (exact) mass is 396 g/mol. The van der Waals surface area contributed by atoms with E-state index in [1.54, 1.807) is 11.6 Å². The lowest BCUT2D eigenvalue weighted by molar-refractivity contribution is 0.253. The predicted molar refractivity (Wildman–Crippen MR) is 109 cm³/mol. The van der Waals surface area contributed by atoms with E-state index in [0.717, 1.165) is 43.7 Å². The van der Waals surface area contributed by atoms with Crippen LogP contribution in [0.4, 0.5) is 5.82 Å². The van der Waals surface area contributed by atoms with Crippen LogP contribution >= 0.6 is 0 Å². The number of benzene rings is 1. The summed E-state index contributed by atoms with van der Waals surface area (Å²) in [5.74, 6) is 1.47. The Morgan fingerprint density at radius 2 is 2.03 bits per heavy atom. The number of fused-ring (bicyclic) bond motifs is 5. The zero-order valence-electron chi connectivity index (χ0n) is 16.4. The zero-order valence-corrected chi connectivity index (χ0v) is 16.4. The number of anilines is 1. The molecule has 9 nitrogen and oxygen atoms in total. The number of ether oxygens (including phenoxy) is 2. The van der Waals surface area contributed by atoms with Gasteiger partial charge in [0.1, 0.15) is 11.3 Å². The minimum atomic E-state index is -0.228. The molecule has 0 amide bonds. The van der Waals surface area contributed by atoms with Crippen LogP contribution in [-0.4, -0.2) is 46.3 Å². The lowest BCUT2D eigenvalue weighted by Crippen LogP contribution is -2.25. The molecule has 2 aliphatic rings. The molecule has 0 unspecified atom stereocenters. The Morgan fingerprint density at radius 3 is 2.90 bits per heavy atom. The number of rotatable bonds is 1. The van der Waals surface area contributed by atoms with Crippen LogP contribution in [-0.2, 0) is 19.5 Å². The van der Waals surface area contributed by atoms with E-state index in [1.807, 2.05) is 0 Å². The first-order chi connectivity index (χ1) is 14.2. The minimum absolute atomic E-state index is 0.228. The summed E-state index contributed by atoms with van der Waals surface area (Å²) in [5, 5.41) is 6.44. The van der Waals surface area contributed by atoms with Gasteiger partial charge in [0.25, 0.3) is 0 Å². The topological polar surface area (TPSA) is 106 Å². The van der Waals surface area contributed by atoms with E-state index >= 15 is 0 Å². The Balaban J connectivity index is 1.67. The average Bonchev–Trinajstić information content (AvgIpc) is 3.04. The summed E-state index contributed by atoms with van der Waals surface area (Å²) >= 11 is 0. The third kappa shape index (κ3) is 3.31. The molecule has 4 heterocycles. The van der Waals surface area contributed by atoms with E-state index in [0.29, 0.717) is 36.7 Å². The van der Waals surface area contributed by atoms with E-state index in [9.17, 15) is 4.79 Å². The maximum atomic E-state index is 12.7. The number of H-pyrrole nitrogens is 1. The second-order valence-electron chi connectivity index (χ2n) is 7.38. The molecular formula is C20H24N6O3. The van der Waals surface area contributed by atoms with Crippen LogP contribution in [0.25, 0.3) is 11.2 Å². The molecule has 2 aromatic heterocycles. The summed E-state index contributed by atoms with van der Waals surface area (Å²) < 4.78 is 13.5. The molecule has 9 heteroatoms. The molecule has 0 atom stereocenters. The fraction of sp³-hybridized carbons (Fsp3) is 0.450. The lowest BCUT2D eigenvalue weighted by Gasteiger charge is -2.22. The van der Waals surface area contributed by atoms with Crippen molar-refractivity contribution < 1.29 is 9.47 Å². The predicted octanol–water partition coefficient (Wildman–Crippen LogP) is 1.41. The molecule has 0 spiro atoms. The van der Waals surface area contributed by atoms with Crippen molar-refractivity contribution in [2.75, 3.05) is 32.1 Å². The third-order valence-corrected chi connectivity index (χ3v) is 5.44. The zero-order chi connectivity index (χ0) is 19.8. The molecule has 3 N–H and O–H groups in total. The highest BCUT2D eigenvalue weighted by atomic mass is 16.5. The molecule has 0 saturated heterocycles. The number of nitrogens with zero attached hydrogens (tertiary/aromatic N) is 3. The molecule has 5 rings (SSSR count). The van der Waals surface area contributed by atoms with Gasteiger partial charge in [-0.3, -0.25) is 4.57 Å². The van der Waals surface area contributed by atoms with Crippen molar-refractivity contribution >= 4 is 17.0 Å². The smallest absolute Gasteiger partial charge is 0.328 e. The van der Waals surface area contributed by atoms with Crippen LogP contribution < -0.4 is 25.8 Å². The fourth-order valence-corrected chi connectivity index (χ4v) is 4.00. The number of aromatic amines is 1. The maximum absolute atomic E-state index is 12.7. The van der Waals surface area contributed by atoms with Gasteiger partial charge in [0, 0.05) is 13.6 Å². The van der Waals surface area contributed by atoms with Crippen molar-refractivity contribution in [2.24, 2.45) is 0 Å². The first-order valence-electron chi connectivity index (χ1n) is 10.0. The molecule has 0 saturated carbocycles. The van der Waals surface area contributed by atoms with Crippen molar-refractivity contribution in [2.45, 2.75) is 32.4 Å². The SMILES string of the molecule is CNc1nc2nc3c1[nH]c(=O)n3Cc1cc3c(c(c1)OCCCCO2)CCNC3. The molecule has 0 aliphatic carbocycles. The summed E-state index contributed by atoms with van der Waals surface area (Å²) in [5.41, 5.74) is 4.39. The van der Waals surface area contributed by atoms with Gasteiger partial charge in [0.15, 0.2) is 11.5 Å². The van der Waals surface area contributed by atoms with Gasteiger partial charge >= 0.3 is 11.7 Å². The number of nitrogens with one attached hydrogen (secondary N) is 3. The van der Waals surface area contributed by atoms with Crippen molar-refractivity contribution in [1.29, 1.82) is 0 Å². The van der Waals surface area contributed by atoms with E-state index in [2.05, 4.69) is 37.7 Å². The van der Waals surface area contributed by atoms with E-state index in [-0.39, 0.29) is 11.7 Å². The van der Waals surface area contributed by atoms with Gasteiger partial charge in [-0.15, -0.1) is 0 Å². The summed E-state index contributed by atoms with van der Waals surface area (Å²) in [7, 11) is 1.76. The van der Waals surface area contributed by atoms with Crippen LogP contribution in [0.1, 0.15) is 29.5 Å². The molecule has 2 aliphatic heterocycles. The maximum Gasteiger partial charge on any atom is 0.328 e. The summed E-state index contributed by atoms with van der Waals surface area (Å²) in [6.45, 7) is 3.28. The van der Waals surface area contributed by atoms with Crippen LogP contribution in [0.15, 0.2) is 16.9 Å². The van der Waals surface area contributed by atoms with Gasteiger partial charge in [-0.25, -0.2) is 4.79 Å². The highest BCUT2D eigenvalue weighted by Gasteiger charge is 2.19. The largest absolute Gasteiger partial charge is 0.493 e. The van der Waals surface area contributed by atoms with Crippen molar-refractivity contribution in [3.8, 4) is 11.8 Å². The highest BCUT2D eigenvalue weighted by Crippen LogP contribution is 2.29. The van der Waals surface area contributed by atoms with Gasteiger partial charge in [0.2, 0.25) is 0 Å². The minimum Gasteiger partial charge on any atom is -0.493 e. The van der Waals surface area contributed by atoms with Gasteiger partial charge in [0.05, 0.1) is 19.8 Å². The van der Waals surface area contributed by atoms with E-state index in [4.69, 9.17) is 9.47 Å². The Labute approximate surface area is 167 Å². The second-order valence-corrected chi connectivity index (χ2v) is 7.38. The number of imidazole rings is 1. The van der Waals surface area contributed by atoms with Crippen LogP contribution in [0.3, 0.4) is 0 Å². The number of hydrogen-bond donors (Lipinski definition) is 3. The van der Waals surface area contributed by atoms with Gasteiger partial charge in [-0.2, -0.15) is 9.97 Å². The second kappa shape index (κ2) is 7.40.